The number of hydrogen-bond acceptors (Lipinski definition) is 4. The van der Waals surface area contributed by atoms with E-state index in [0.29, 0.717) is 17.4 Å². The molecule has 1 amide bonds. The molecule has 3 aromatic rings. The van der Waals surface area contributed by atoms with Crippen molar-refractivity contribution in [2.45, 2.75) is 32.4 Å². The third-order valence-electron chi connectivity index (χ3n) is 4.94. The molecule has 8 heteroatoms. The van der Waals surface area contributed by atoms with Crippen LogP contribution in [0.5, 0.6) is 0 Å². The second-order valence-electron chi connectivity index (χ2n) is 7.19. The molecule has 6 nitrogen and oxygen atoms in total. The number of nitrogens with one attached hydrogen (secondary N) is 1. The number of rotatable bonds is 6. The number of amides is 1. The van der Waals surface area contributed by atoms with Crippen LogP contribution >= 0.6 is 11.6 Å². The maximum Gasteiger partial charge on any atom is 0.292 e. The molecule has 152 valence electrons. The molecular weight excluding hydrogens is 395 g/mol. The van der Waals surface area contributed by atoms with Gasteiger partial charge in [-0.05, 0) is 55.8 Å². The SMILES string of the molecule is O=C(Nc1ccn(Cc2ccc(F)cc2Cl)n1)c1ccc(CN2CCCCC2)o1. The van der Waals surface area contributed by atoms with Gasteiger partial charge >= 0.3 is 0 Å². The monoisotopic (exact) mass is 416 g/mol. The van der Waals surface area contributed by atoms with E-state index in [4.69, 9.17) is 16.0 Å². The Bertz CT molecular complexity index is 994. The summed E-state index contributed by atoms with van der Waals surface area (Å²) in [6.07, 6.45) is 5.42. The molecule has 0 unspecified atom stereocenters. The van der Waals surface area contributed by atoms with E-state index in [-0.39, 0.29) is 17.5 Å². The Hall–Kier alpha value is -2.64. The van der Waals surface area contributed by atoms with Crippen LogP contribution in [0.1, 0.15) is 41.1 Å². The fourth-order valence-corrected chi connectivity index (χ4v) is 3.67. The van der Waals surface area contributed by atoms with Crippen molar-refractivity contribution < 1.29 is 13.6 Å². The highest BCUT2D eigenvalue weighted by molar-refractivity contribution is 6.31. The van der Waals surface area contributed by atoms with Crippen molar-refractivity contribution in [2.75, 3.05) is 18.4 Å². The van der Waals surface area contributed by atoms with Crippen LogP contribution in [0.25, 0.3) is 0 Å². The van der Waals surface area contributed by atoms with Gasteiger partial charge in [-0.25, -0.2) is 4.39 Å². The van der Waals surface area contributed by atoms with E-state index in [1.54, 1.807) is 29.1 Å². The first kappa shape index (κ1) is 19.7. The highest BCUT2D eigenvalue weighted by Gasteiger charge is 2.16. The fourth-order valence-electron chi connectivity index (χ4n) is 3.44. The molecule has 0 spiro atoms. The molecule has 1 aliphatic heterocycles. The summed E-state index contributed by atoms with van der Waals surface area (Å²) in [4.78, 5) is 14.8. The minimum Gasteiger partial charge on any atom is -0.455 e. The van der Waals surface area contributed by atoms with Crippen molar-refractivity contribution in [3.63, 3.8) is 0 Å². The predicted octanol–water partition coefficient (Wildman–Crippen LogP) is 4.56. The lowest BCUT2D eigenvalue weighted by Gasteiger charge is -2.25. The zero-order chi connectivity index (χ0) is 20.2. The number of likely N-dealkylation sites (tertiary alicyclic amines) is 1. The summed E-state index contributed by atoms with van der Waals surface area (Å²) in [7, 11) is 0. The molecule has 29 heavy (non-hydrogen) atoms. The number of hydrogen-bond donors (Lipinski definition) is 1. The van der Waals surface area contributed by atoms with Crippen LogP contribution in [-0.4, -0.2) is 33.7 Å². The number of aromatic nitrogens is 2. The molecule has 1 aromatic carbocycles. The standard InChI is InChI=1S/C21H22ClFN4O2/c22-18-12-16(23)5-4-15(18)13-27-11-8-20(25-27)24-21(28)19-7-6-17(29-19)14-26-9-2-1-3-10-26/h4-8,11-12H,1-3,9-10,13-14H2,(H,24,25,28). The lowest BCUT2D eigenvalue weighted by molar-refractivity contribution is 0.0991. The van der Waals surface area contributed by atoms with Gasteiger partial charge in [-0.2, -0.15) is 5.10 Å². The maximum atomic E-state index is 13.2. The van der Waals surface area contributed by atoms with E-state index < -0.39 is 0 Å². The first-order valence-electron chi connectivity index (χ1n) is 9.66. The Morgan fingerprint density at radius 1 is 1.14 bits per heavy atom. The highest BCUT2D eigenvalue weighted by Crippen LogP contribution is 2.19. The number of benzene rings is 1. The Balaban J connectivity index is 1.35. The number of nitrogens with zero attached hydrogens (tertiary/aromatic N) is 3. The summed E-state index contributed by atoms with van der Waals surface area (Å²) in [6, 6.07) is 9.45. The average Bonchev–Trinajstić information content (AvgIpc) is 3.34. The van der Waals surface area contributed by atoms with E-state index in [1.165, 1.54) is 31.4 Å². The van der Waals surface area contributed by atoms with E-state index in [1.807, 2.05) is 6.07 Å². The fraction of sp³-hybridized carbons (Fsp3) is 0.333. The van der Waals surface area contributed by atoms with Crippen LogP contribution in [0, 0.1) is 5.82 Å². The Morgan fingerprint density at radius 3 is 2.76 bits per heavy atom. The average molecular weight is 417 g/mol. The van der Waals surface area contributed by atoms with E-state index in [9.17, 15) is 9.18 Å². The molecule has 1 saturated heterocycles. The lowest BCUT2D eigenvalue weighted by atomic mass is 10.1. The number of carbonyl (C=O) groups excluding carboxylic acids is 1. The molecule has 0 bridgehead atoms. The molecule has 1 fully saturated rings. The molecule has 3 heterocycles. The van der Waals surface area contributed by atoms with Gasteiger partial charge in [-0.3, -0.25) is 14.4 Å². The van der Waals surface area contributed by atoms with Crippen molar-refractivity contribution in [2.24, 2.45) is 0 Å². The summed E-state index contributed by atoms with van der Waals surface area (Å²) in [5.74, 6) is 0.717. The number of anilines is 1. The van der Waals surface area contributed by atoms with E-state index >= 15 is 0 Å². The van der Waals surface area contributed by atoms with Gasteiger partial charge in [0.25, 0.3) is 5.91 Å². The van der Waals surface area contributed by atoms with E-state index in [2.05, 4.69) is 15.3 Å². The van der Waals surface area contributed by atoms with Crippen molar-refractivity contribution in [3.8, 4) is 0 Å². The Labute approximate surface area is 173 Å². The number of furan rings is 1. The summed E-state index contributed by atoms with van der Waals surface area (Å²) in [6.45, 7) is 3.23. The minimum absolute atomic E-state index is 0.258. The quantitative estimate of drug-likeness (QED) is 0.640. The van der Waals surface area contributed by atoms with Crippen LogP contribution in [0.2, 0.25) is 5.02 Å². The summed E-state index contributed by atoms with van der Waals surface area (Å²) < 4.78 is 20.5. The molecule has 0 aliphatic carbocycles. The molecule has 1 aliphatic rings. The third-order valence-corrected chi connectivity index (χ3v) is 5.30. The van der Waals surface area contributed by atoms with Crippen molar-refractivity contribution >= 4 is 23.3 Å². The molecule has 0 radical (unpaired) electrons. The molecule has 0 saturated carbocycles. The van der Waals surface area contributed by atoms with Crippen molar-refractivity contribution in [1.82, 2.24) is 14.7 Å². The largest absolute Gasteiger partial charge is 0.455 e. The lowest BCUT2D eigenvalue weighted by Crippen LogP contribution is -2.28. The smallest absolute Gasteiger partial charge is 0.292 e. The van der Waals surface area contributed by atoms with Gasteiger partial charge in [0.2, 0.25) is 0 Å². The first-order valence-corrected chi connectivity index (χ1v) is 10.0. The molecule has 2 aromatic heterocycles. The summed E-state index contributed by atoms with van der Waals surface area (Å²) >= 11 is 6.06. The third kappa shape index (κ3) is 5.05. The van der Waals surface area contributed by atoms with Gasteiger partial charge in [-0.15, -0.1) is 0 Å². The number of piperidine rings is 1. The number of halogens is 2. The van der Waals surface area contributed by atoms with Crippen LogP contribution < -0.4 is 5.32 Å². The summed E-state index contributed by atoms with van der Waals surface area (Å²) in [5.41, 5.74) is 0.738. The second kappa shape index (κ2) is 8.80. The van der Waals surface area contributed by atoms with Gasteiger partial charge in [0.05, 0.1) is 13.1 Å². The predicted molar refractivity (Wildman–Crippen MR) is 109 cm³/mol. The molecule has 4 rings (SSSR count). The molecular formula is C21H22ClFN4O2. The molecule has 0 atom stereocenters. The Kier molecular flexibility index (Phi) is 5.97. The Morgan fingerprint density at radius 2 is 1.97 bits per heavy atom. The van der Waals surface area contributed by atoms with Crippen LogP contribution in [-0.2, 0) is 13.1 Å². The van der Waals surface area contributed by atoms with Crippen LogP contribution in [0.4, 0.5) is 10.2 Å². The van der Waals surface area contributed by atoms with Crippen LogP contribution in [0.15, 0.2) is 47.0 Å². The zero-order valence-electron chi connectivity index (χ0n) is 15.9. The van der Waals surface area contributed by atoms with Gasteiger partial charge < -0.3 is 9.73 Å². The van der Waals surface area contributed by atoms with Crippen molar-refractivity contribution in [1.29, 1.82) is 0 Å². The van der Waals surface area contributed by atoms with E-state index in [0.717, 1.165) is 31.0 Å². The van der Waals surface area contributed by atoms with Gasteiger partial charge in [0.15, 0.2) is 11.6 Å². The minimum atomic E-state index is -0.384. The van der Waals surface area contributed by atoms with Crippen LogP contribution in [0.3, 0.4) is 0 Å². The zero-order valence-corrected chi connectivity index (χ0v) is 16.7. The van der Waals surface area contributed by atoms with Gasteiger partial charge in [0, 0.05) is 17.3 Å². The first-order chi connectivity index (χ1) is 14.1. The number of carbonyl (C=O) groups is 1. The topological polar surface area (TPSA) is 63.3 Å². The highest BCUT2D eigenvalue weighted by atomic mass is 35.5. The second-order valence-corrected chi connectivity index (χ2v) is 7.60. The van der Waals surface area contributed by atoms with Gasteiger partial charge in [-0.1, -0.05) is 24.1 Å². The van der Waals surface area contributed by atoms with Crippen molar-refractivity contribution in [3.05, 3.63) is 70.5 Å². The molecule has 1 N–H and O–H groups in total. The summed E-state index contributed by atoms with van der Waals surface area (Å²) in [5, 5.41) is 7.39. The maximum absolute atomic E-state index is 13.2. The normalized spacial score (nSPS) is 14.8. The van der Waals surface area contributed by atoms with Gasteiger partial charge in [0.1, 0.15) is 11.6 Å².